The van der Waals surface area contributed by atoms with Crippen LogP contribution in [0.3, 0.4) is 0 Å². The lowest BCUT2D eigenvalue weighted by atomic mass is 10.1. The van der Waals surface area contributed by atoms with Gasteiger partial charge < -0.3 is 10.2 Å². The average Bonchev–Trinajstić information content (AvgIpc) is 2.52. The second-order valence-electron chi connectivity index (χ2n) is 5.11. The maximum Gasteiger partial charge on any atom is 0.254 e. The van der Waals surface area contributed by atoms with E-state index in [-0.39, 0.29) is 5.91 Å². The van der Waals surface area contributed by atoms with Gasteiger partial charge in [-0.3, -0.25) is 4.79 Å². The van der Waals surface area contributed by atoms with Crippen molar-refractivity contribution in [1.82, 2.24) is 9.88 Å². The highest BCUT2D eigenvalue weighted by molar-refractivity contribution is 5.93. The molecule has 21 heavy (non-hydrogen) atoms. The highest BCUT2D eigenvalue weighted by Gasteiger charge is 2.08. The van der Waals surface area contributed by atoms with Crippen molar-refractivity contribution in [1.29, 1.82) is 0 Å². The number of hydrogen-bond donors (Lipinski definition) is 1. The first-order chi connectivity index (χ1) is 10.1. The van der Waals surface area contributed by atoms with Crippen molar-refractivity contribution < 1.29 is 4.79 Å². The van der Waals surface area contributed by atoms with Gasteiger partial charge in [0.2, 0.25) is 0 Å². The van der Waals surface area contributed by atoms with Gasteiger partial charge in [-0.2, -0.15) is 0 Å². The van der Waals surface area contributed by atoms with Crippen LogP contribution in [-0.2, 0) is 13.0 Å². The number of nitrogens with zero attached hydrogens (tertiary/aromatic N) is 2. The van der Waals surface area contributed by atoms with Crippen LogP contribution in [0.1, 0.15) is 28.4 Å². The second kappa shape index (κ2) is 6.88. The van der Waals surface area contributed by atoms with E-state index in [0.29, 0.717) is 5.56 Å². The molecule has 1 heterocycles. The Bertz CT molecular complexity index is 606. The fraction of sp³-hybridized carbons (Fsp3) is 0.294. The summed E-state index contributed by atoms with van der Waals surface area (Å²) in [5, 5.41) is 3.30. The van der Waals surface area contributed by atoms with Crippen molar-refractivity contribution in [3.05, 3.63) is 59.3 Å². The van der Waals surface area contributed by atoms with Crippen molar-refractivity contribution >= 4 is 11.7 Å². The Morgan fingerprint density at radius 1 is 1.14 bits per heavy atom. The van der Waals surface area contributed by atoms with Gasteiger partial charge in [-0.25, -0.2) is 4.98 Å². The molecule has 0 aliphatic carbocycles. The van der Waals surface area contributed by atoms with E-state index in [1.807, 2.05) is 12.1 Å². The highest BCUT2D eigenvalue weighted by atomic mass is 16.2. The van der Waals surface area contributed by atoms with E-state index in [2.05, 4.69) is 35.4 Å². The number of anilines is 1. The van der Waals surface area contributed by atoms with Gasteiger partial charge in [0, 0.05) is 26.8 Å². The van der Waals surface area contributed by atoms with E-state index in [9.17, 15) is 4.79 Å². The smallest absolute Gasteiger partial charge is 0.254 e. The fourth-order valence-corrected chi connectivity index (χ4v) is 2.14. The minimum atomic E-state index is -0.0367. The van der Waals surface area contributed by atoms with Crippen molar-refractivity contribution in [3.63, 3.8) is 0 Å². The third kappa shape index (κ3) is 3.81. The van der Waals surface area contributed by atoms with Crippen molar-refractivity contribution in [3.8, 4) is 0 Å². The number of benzene rings is 1. The lowest BCUT2D eigenvalue weighted by Gasteiger charge is -2.12. The molecule has 0 spiro atoms. The van der Waals surface area contributed by atoms with Crippen LogP contribution in [0.4, 0.5) is 5.82 Å². The summed E-state index contributed by atoms with van der Waals surface area (Å²) in [6.07, 6.45) is 2.62. The first-order valence-corrected chi connectivity index (χ1v) is 7.10. The van der Waals surface area contributed by atoms with E-state index >= 15 is 0 Å². The number of carbonyl (C=O) groups is 1. The fourth-order valence-electron chi connectivity index (χ4n) is 2.14. The number of nitrogens with one attached hydrogen (secondary N) is 1. The van der Waals surface area contributed by atoms with E-state index in [4.69, 9.17) is 0 Å². The topological polar surface area (TPSA) is 45.2 Å². The molecule has 1 aromatic carbocycles. The van der Waals surface area contributed by atoms with Gasteiger partial charge in [-0.1, -0.05) is 31.2 Å². The molecule has 1 amide bonds. The van der Waals surface area contributed by atoms with Crippen molar-refractivity contribution in [2.24, 2.45) is 0 Å². The molecular weight excluding hydrogens is 262 g/mol. The number of pyridine rings is 1. The number of aryl methyl sites for hydroxylation is 1. The minimum absolute atomic E-state index is 0.0367. The number of aromatic nitrogens is 1. The third-order valence-electron chi connectivity index (χ3n) is 3.38. The van der Waals surface area contributed by atoms with Gasteiger partial charge in [0.25, 0.3) is 5.91 Å². The van der Waals surface area contributed by atoms with Gasteiger partial charge in [0.1, 0.15) is 5.82 Å². The first kappa shape index (κ1) is 15.0. The molecule has 0 aliphatic rings. The Morgan fingerprint density at radius 2 is 1.86 bits per heavy atom. The Morgan fingerprint density at radius 3 is 2.43 bits per heavy atom. The summed E-state index contributed by atoms with van der Waals surface area (Å²) >= 11 is 0. The molecule has 1 aromatic heterocycles. The van der Waals surface area contributed by atoms with Gasteiger partial charge in [0.15, 0.2) is 0 Å². The van der Waals surface area contributed by atoms with Crippen LogP contribution in [0, 0.1) is 0 Å². The number of hydrogen-bond acceptors (Lipinski definition) is 3. The molecule has 0 atom stereocenters. The minimum Gasteiger partial charge on any atom is -0.366 e. The molecule has 0 unspecified atom stereocenters. The van der Waals surface area contributed by atoms with Crippen LogP contribution in [0.5, 0.6) is 0 Å². The average molecular weight is 283 g/mol. The normalized spacial score (nSPS) is 10.2. The predicted molar refractivity (Wildman–Crippen MR) is 85.4 cm³/mol. The van der Waals surface area contributed by atoms with Gasteiger partial charge >= 0.3 is 0 Å². The molecule has 4 nitrogen and oxygen atoms in total. The molecule has 4 heteroatoms. The molecule has 0 radical (unpaired) electrons. The SMILES string of the molecule is CCc1ccccc1CNc1ccc(C(=O)N(C)C)cn1. The Kier molecular flexibility index (Phi) is 4.93. The summed E-state index contributed by atoms with van der Waals surface area (Å²) in [5.74, 6) is 0.738. The Labute approximate surface area is 125 Å². The Balaban J connectivity index is 2.02. The molecular formula is C17H21N3O. The van der Waals surface area contributed by atoms with Crippen molar-refractivity contribution in [2.75, 3.05) is 19.4 Å². The van der Waals surface area contributed by atoms with E-state index < -0.39 is 0 Å². The summed E-state index contributed by atoms with van der Waals surface area (Å²) < 4.78 is 0. The van der Waals surface area contributed by atoms with Crippen molar-refractivity contribution in [2.45, 2.75) is 19.9 Å². The number of carbonyl (C=O) groups excluding carboxylic acids is 1. The summed E-state index contributed by atoms with van der Waals surface area (Å²) in [7, 11) is 3.46. The highest BCUT2D eigenvalue weighted by Crippen LogP contribution is 2.12. The third-order valence-corrected chi connectivity index (χ3v) is 3.38. The van der Waals surface area contributed by atoms with Crippen LogP contribution >= 0.6 is 0 Å². The Hall–Kier alpha value is -2.36. The van der Waals surface area contributed by atoms with Crippen LogP contribution in [0.2, 0.25) is 0 Å². The zero-order chi connectivity index (χ0) is 15.2. The molecule has 2 aromatic rings. The van der Waals surface area contributed by atoms with Crippen LogP contribution in [0.15, 0.2) is 42.6 Å². The summed E-state index contributed by atoms with van der Waals surface area (Å²) in [6, 6.07) is 12.0. The first-order valence-electron chi connectivity index (χ1n) is 7.10. The van der Waals surface area contributed by atoms with E-state index in [0.717, 1.165) is 18.8 Å². The quantitative estimate of drug-likeness (QED) is 0.917. The standard InChI is InChI=1S/C17H21N3O/c1-4-13-7-5-6-8-14(13)11-18-16-10-9-15(12-19-16)17(21)20(2)3/h5-10,12H,4,11H2,1-3H3,(H,18,19). The molecule has 1 N–H and O–H groups in total. The molecule has 0 saturated carbocycles. The maximum atomic E-state index is 11.8. The molecule has 0 bridgehead atoms. The molecule has 2 rings (SSSR count). The summed E-state index contributed by atoms with van der Waals surface area (Å²) in [4.78, 5) is 17.6. The zero-order valence-electron chi connectivity index (χ0n) is 12.8. The zero-order valence-corrected chi connectivity index (χ0v) is 12.8. The lowest BCUT2D eigenvalue weighted by Crippen LogP contribution is -2.21. The predicted octanol–water partition coefficient (Wildman–Crippen LogP) is 2.96. The molecule has 0 fully saturated rings. The second-order valence-corrected chi connectivity index (χ2v) is 5.11. The van der Waals surface area contributed by atoms with E-state index in [1.165, 1.54) is 11.1 Å². The molecule has 110 valence electrons. The largest absolute Gasteiger partial charge is 0.366 e. The number of rotatable bonds is 5. The van der Waals surface area contributed by atoms with Crippen LogP contribution < -0.4 is 5.32 Å². The van der Waals surface area contributed by atoms with Crippen LogP contribution in [-0.4, -0.2) is 29.9 Å². The van der Waals surface area contributed by atoms with Gasteiger partial charge in [0.05, 0.1) is 5.56 Å². The van der Waals surface area contributed by atoms with Gasteiger partial charge in [-0.15, -0.1) is 0 Å². The summed E-state index contributed by atoms with van der Waals surface area (Å²) in [6.45, 7) is 2.89. The number of amides is 1. The lowest BCUT2D eigenvalue weighted by molar-refractivity contribution is 0.0827. The monoisotopic (exact) mass is 283 g/mol. The van der Waals surface area contributed by atoms with Crippen LogP contribution in [0.25, 0.3) is 0 Å². The maximum absolute atomic E-state index is 11.8. The van der Waals surface area contributed by atoms with E-state index in [1.54, 1.807) is 31.3 Å². The summed E-state index contributed by atoms with van der Waals surface area (Å²) in [5.41, 5.74) is 3.21. The van der Waals surface area contributed by atoms with Gasteiger partial charge in [-0.05, 0) is 29.7 Å². The molecule has 0 saturated heterocycles. The molecule has 0 aliphatic heterocycles.